The van der Waals surface area contributed by atoms with Crippen LogP contribution in [0.15, 0.2) is 18.2 Å². The second-order valence-electron chi connectivity index (χ2n) is 5.39. The van der Waals surface area contributed by atoms with Crippen LogP contribution in [-0.2, 0) is 4.74 Å². The summed E-state index contributed by atoms with van der Waals surface area (Å²) in [6.45, 7) is 4.35. The van der Waals surface area contributed by atoms with Crippen molar-refractivity contribution in [3.8, 4) is 5.75 Å². The van der Waals surface area contributed by atoms with Crippen molar-refractivity contribution in [1.29, 1.82) is 0 Å². The summed E-state index contributed by atoms with van der Waals surface area (Å²) in [4.78, 5) is 11.7. The third-order valence-electron chi connectivity index (χ3n) is 3.84. The van der Waals surface area contributed by atoms with Crippen LogP contribution in [0.25, 0.3) is 0 Å². The number of hydrogen-bond donors (Lipinski definition) is 1. The fraction of sp³-hybridized carbons (Fsp3) is 0.562. The third-order valence-corrected chi connectivity index (χ3v) is 3.84. The predicted molar refractivity (Wildman–Crippen MR) is 78.9 cm³/mol. The molecule has 0 bridgehead atoms. The summed E-state index contributed by atoms with van der Waals surface area (Å²) in [6.07, 6.45) is 4.86. The number of carbonyl (C=O) groups is 1. The summed E-state index contributed by atoms with van der Waals surface area (Å²) < 4.78 is 11.0. The Balaban J connectivity index is 2.13. The fourth-order valence-electron chi connectivity index (χ4n) is 2.60. The van der Waals surface area contributed by atoms with Crippen molar-refractivity contribution in [2.24, 2.45) is 5.92 Å². The van der Waals surface area contributed by atoms with Gasteiger partial charge in [0.05, 0.1) is 17.9 Å². The molecule has 2 unspecified atom stereocenters. The molecule has 1 saturated carbocycles. The highest BCUT2D eigenvalue weighted by Crippen LogP contribution is 2.31. The van der Waals surface area contributed by atoms with E-state index in [0.29, 0.717) is 29.5 Å². The molecule has 2 atom stereocenters. The zero-order chi connectivity index (χ0) is 14.5. The number of nitrogens with two attached hydrogens (primary N) is 1. The molecule has 0 heterocycles. The molecule has 1 aromatic rings. The molecule has 110 valence electrons. The quantitative estimate of drug-likeness (QED) is 0.676. The average molecular weight is 277 g/mol. The maximum absolute atomic E-state index is 11.7. The molecule has 2 rings (SSSR count). The van der Waals surface area contributed by atoms with Crippen molar-refractivity contribution in [3.05, 3.63) is 23.8 Å². The Hall–Kier alpha value is -1.71. The average Bonchev–Trinajstić information content (AvgIpc) is 2.44. The van der Waals surface area contributed by atoms with Gasteiger partial charge in [-0.2, -0.15) is 0 Å². The van der Waals surface area contributed by atoms with Crippen LogP contribution in [0.1, 0.15) is 49.9 Å². The molecule has 0 amide bonds. The molecule has 0 aliphatic heterocycles. The van der Waals surface area contributed by atoms with E-state index < -0.39 is 0 Å². The van der Waals surface area contributed by atoms with Gasteiger partial charge < -0.3 is 15.2 Å². The molecule has 1 aliphatic rings. The Labute approximate surface area is 120 Å². The van der Waals surface area contributed by atoms with E-state index in [1.54, 1.807) is 25.1 Å². The summed E-state index contributed by atoms with van der Waals surface area (Å²) in [5.41, 5.74) is 7.00. The van der Waals surface area contributed by atoms with Crippen molar-refractivity contribution in [2.75, 3.05) is 12.3 Å². The molecule has 20 heavy (non-hydrogen) atoms. The van der Waals surface area contributed by atoms with Crippen molar-refractivity contribution in [3.63, 3.8) is 0 Å². The van der Waals surface area contributed by atoms with Crippen LogP contribution in [0.5, 0.6) is 5.75 Å². The molecule has 0 saturated heterocycles. The van der Waals surface area contributed by atoms with E-state index in [9.17, 15) is 4.79 Å². The van der Waals surface area contributed by atoms with E-state index in [1.807, 2.05) is 0 Å². The highest BCUT2D eigenvalue weighted by molar-refractivity contribution is 5.90. The first-order valence-corrected chi connectivity index (χ1v) is 7.35. The molecule has 4 nitrogen and oxygen atoms in total. The Kier molecular flexibility index (Phi) is 4.88. The number of esters is 1. The molecular formula is C16H23NO3. The van der Waals surface area contributed by atoms with Crippen LogP contribution in [-0.4, -0.2) is 18.7 Å². The maximum Gasteiger partial charge on any atom is 0.338 e. The number of carbonyl (C=O) groups excluding carboxylic acids is 1. The lowest BCUT2D eigenvalue weighted by Gasteiger charge is -2.29. The lowest BCUT2D eigenvalue weighted by molar-refractivity contribution is 0.0524. The molecule has 0 aromatic heterocycles. The number of hydrogen-bond acceptors (Lipinski definition) is 4. The van der Waals surface area contributed by atoms with Gasteiger partial charge in [0.1, 0.15) is 11.9 Å². The summed E-state index contributed by atoms with van der Waals surface area (Å²) in [6, 6.07) is 5.06. The van der Waals surface area contributed by atoms with Crippen molar-refractivity contribution in [2.45, 2.75) is 45.6 Å². The van der Waals surface area contributed by atoms with E-state index in [1.165, 1.54) is 19.3 Å². The maximum atomic E-state index is 11.7. The van der Waals surface area contributed by atoms with Gasteiger partial charge in [-0.1, -0.05) is 13.3 Å². The molecule has 4 heteroatoms. The topological polar surface area (TPSA) is 61.5 Å². The number of nitrogen functional groups attached to an aromatic ring is 1. The molecule has 0 radical (unpaired) electrons. The monoisotopic (exact) mass is 277 g/mol. The minimum atomic E-state index is -0.339. The number of anilines is 1. The smallest absolute Gasteiger partial charge is 0.338 e. The minimum Gasteiger partial charge on any atom is -0.488 e. The van der Waals surface area contributed by atoms with Gasteiger partial charge in [0.15, 0.2) is 0 Å². The normalized spacial score (nSPS) is 22.3. The van der Waals surface area contributed by atoms with Crippen molar-refractivity contribution < 1.29 is 14.3 Å². The van der Waals surface area contributed by atoms with E-state index >= 15 is 0 Å². The summed E-state index contributed by atoms with van der Waals surface area (Å²) in [5.74, 6) is 0.776. The zero-order valence-corrected chi connectivity index (χ0v) is 12.2. The summed E-state index contributed by atoms with van der Waals surface area (Å²) in [7, 11) is 0. The van der Waals surface area contributed by atoms with Crippen molar-refractivity contribution in [1.82, 2.24) is 0 Å². The van der Waals surface area contributed by atoms with Crippen LogP contribution >= 0.6 is 0 Å². The second-order valence-corrected chi connectivity index (χ2v) is 5.39. The molecule has 0 spiro atoms. The summed E-state index contributed by atoms with van der Waals surface area (Å²) in [5, 5.41) is 0. The van der Waals surface area contributed by atoms with E-state index in [2.05, 4.69) is 6.92 Å². The number of rotatable bonds is 4. The molecule has 2 N–H and O–H groups in total. The molecule has 1 aromatic carbocycles. The van der Waals surface area contributed by atoms with Crippen LogP contribution in [0.2, 0.25) is 0 Å². The first kappa shape index (κ1) is 14.7. The van der Waals surface area contributed by atoms with Gasteiger partial charge in [-0.3, -0.25) is 0 Å². The Bertz CT molecular complexity index is 473. The van der Waals surface area contributed by atoms with Gasteiger partial charge in [0.25, 0.3) is 0 Å². The van der Waals surface area contributed by atoms with Gasteiger partial charge in [-0.25, -0.2) is 4.79 Å². The Morgan fingerprint density at radius 2 is 2.10 bits per heavy atom. The standard InChI is InChI=1S/C16H23NO3/c1-3-19-16(18)12-8-9-13(17)15(10-12)20-14-7-5-4-6-11(14)2/h8-11,14H,3-7,17H2,1-2H3. The van der Waals surface area contributed by atoms with E-state index in [4.69, 9.17) is 15.2 Å². The van der Waals surface area contributed by atoms with Gasteiger partial charge in [0.2, 0.25) is 0 Å². The van der Waals surface area contributed by atoms with E-state index in [-0.39, 0.29) is 12.1 Å². The first-order valence-electron chi connectivity index (χ1n) is 7.35. The van der Waals surface area contributed by atoms with Crippen LogP contribution in [0.4, 0.5) is 5.69 Å². The molecule has 1 aliphatic carbocycles. The lowest BCUT2D eigenvalue weighted by Crippen LogP contribution is -2.28. The lowest BCUT2D eigenvalue weighted by atomic mass is 9.88. The van der Waals surface area contributed by atoms with Gasteiger partial charge in [-0.05, 0) is 50.3 Å². The second kappa shape index (κ2) is 6.64. The highest BCUT2D eigenvalue weighted by Gasteiger charge is 2.24. The Morgan fingerprint density at radius 1 is 1.35 bits per heavy atom. The van der Waals surface area contributed by atoms with Crippen LogP contribution in [0, 0.1) is 5.92 Å². The van der Waals surface area contributed by atoms with Crippen LogP contribution < -0.4 is 10.5 Å². The van der Waals surface area contributed by atoms with Crippen molar-refractivity contribution >= 4 is 11.7 Å². The van der Waals surface area contributed by atoms with Gasteiger partial charge in [0, 0.05) is 0 Å². The summed E-state index contributed by atoms with van der Waals surface area (Å²) >= 11 is 0. The predicted octanol–water partition coefficient (Wildman–Crippen LogP) is 3.40. The highest BCUT2D eigenvalue weighted by atomic mass is 16.5. The van der Waals surface area contributed by atoms with E-state index in [0.717, 1.165) is 6.42 Å². The van der Waals surface area contributed by atoms with Gasteiger partial charge in [-0.15, -0.1) is 0 Å². The molecule has 1 fully saturated rings. The largest absolute Gasteiger partial charge is 0.488 e. The molecular weight excluding hydrogens is 254 g/mol. The SMILES string of the molecule is CCOC(=O)c1ccc(N)c(OC2CCCCC2C)c1. The van der Waals surface area contributed by atoms with Crippen LogP contribution in [0.3, 0.4) is 0 Å². The number of ether oxygens (including phenoxy) is 2. The minimum absolute atomic E-state index is 0.184. The first-order chi connectivity index (χ1) is 9.61. The Morgan fingerprint density at radius 3 is 2.80 bits per heavy atom. The number of benzene rings is 1. The fourth-order valence-corrected chi connectivity index (χ4v) is 2.60. The van der Waals surface area contributed by atoms with Gasteiger partial charge >= 0.3 is 5.97 Å². The zero-order valence-electron chi connectivity index (χ0n) is 12.2. The third kappa shape index (κ3) is 3.44.